The quantitative estimate of drug-likeness (QED) is 0.634. The molecule has 0 aromatic heterocycles. The van der Waals surface area contributed by atoms with Crippen LogP contribution in [0.2, 0.25) is 0 Å². The fraction of sp³-hybridized carbons (Fsp3) is 0.444. The minimum Gasteiger partial charge on any atom is -0.301 e. The van der Waals surface area contributed by atoms with E-state index in [2.05, 4.69) is 36.5 Å². The van der Waals surface area contributed by atoms with Gasteiger partial charge in [0, 0.05) is 0 Å². The maximum atomic E-state index is 11.2. The Hall–Kier alpha value is -1.55. The molecule has 2 N–H and O–H groups in total. The van der Waals surface area contributed by atoms with Crippen molar-refractivity contribution in [2.75, 3.05) is 0 Å². The SMILES string of the molecule is CCCCCCCCc1ccc(/C=C2\SC(=O)NC2=N)cc1. The van der Waals surface area contributed by atoms with Crippen LogP contribution in [-0.4, -0.2) is 11.1 Å². The molecule has 4 heteroatoms. The molecule has 0 bridgehead atoms. The van der Waals surface area contributed by atoms with E-state index in [0.717, 1.165) is 23.7 Å². The smallest absolute Gasteiger partial charge is 0.289 e. The van der Waals surface area contributed by atoms with Gasteiger partial charge in [-0.05, 0) is 41.8 Å². The molecule has 1 saturated heterocycles. The van der Waals surface area contributed by atoms with Crippen molar-refractivity contribution in [2.45, 2.75) is 51.9 Å². The summed E-state index contributed by atoms with van der Waals surface area (Å²) >= 11 is 1.08. The zero-order valence-electron chi connectivity index (χ0n) is 13.2. The Bertz CT molecular complexity index is 549. The maximum absolute atomic E-state index is 11.2. The van der Waals surface area contributed by atoms with Crippen molar-refractivity contribution in [3.8, 4) is 0 Å². The number of thioether (sulfide) groups is 1. The van der Waals surface area contributed by atoms with Crippen LogP contribution in [-0.2, 0) is 6.42 Å². The molecule has 1 aromatic carbocycles. The highest BCUT2D eigenvalue weighted by molar-refractivity contribution is 8.18. The second-order valence-electron chi connectivity index (χ2n) is 5.66. The molecule has 0 saturated carbocycles. The lowest BCUT2D eigenvalue weighted by atomic mass is 10.0. The molecule has 1 aromatic rings. The van der Waals surface area contributed by atoms with Gasteiger partial charge in [0.15, 0.2) is 0 Å². The first-order valence-electron chi connectivity index (χ1n) is 8.07. The number of unbranched alkanes of at least 4 members (excludes halogenated alkanes) is 5. The fourth-order valence-electron chi connectivity index (χ4n) is 2.48. The van der Waals surface area contributed by atoms with Crippen molar-refractivity contribution in [1.29, 1.82) is 5.41 Å². The zero-order chi connectivity index (χ0) is 15.8. The normalized spacial score (nSPS) is 16.3. The van der Waals surface area contributed by atoms with Crippen LogP contribution < -0.4 is 5.32 Å². The lowest BCUT2D eigenvalue weighted by Crippen LogP contribution is -2.17. The van der Waals surface area contributed by atoms with E-state index < -0.39 is 0 Å². The first kappa shape index (κ1) is 16.8. The molecule has 2 rings (SSSR count). The predicted molar refractivity (Wildman–Crippen MR) is 95.3 cm³/mol. The summed E-state index contributed by atoms with van der Waals surface area (Å²) in [4.78, 5) is 11.9. The third kappa shape index (κ3) is 5.34. The Kier molecular flexibility index (Phi) is 6.72. The molecule has 1 amide bonds. The fourth-order valence-corrected chi connectivity index (χ4v) is 3.18. The van der Waals surface area contributed by atoms with Gasteiger partial charge in [-0.2, -0.15) is 0 Å². The van der Waals surface area contributed by atoms with E-state index in [1.165, 1.54) is 44.1 Å². The van der Waals surface area contributed by atoms with Crippen LogP contribution in [0.3, 0.4) is 0 Å². The second kappa shape index (κ2) is 8.79. The van der Waals surface area contributed by atoms with Crippen molar-refractivity contribution in [2.24, 2.45) is 0 Å². The maximum Gasteiger partial charge on any atom is 0.289 e. The number of hydrogen-bond donors (Lipinski definition) is 2. The number of nitrogens with one attached hydrogen (secondary N) is 2. The topological polar surface area (TPSA) is 53.0 Å². The van der Waals surface area contributed by atoms with Crippen LogP contribution in [0.15, 0.2) is 29.2 Å². The van der Waals surface area contributed by atoms with Crippen molar-refractivity contribution < 1.29 is 4.79 Å². The summed E-state index contributed by atoms with van der Waals surface area (Å²) in [5.74, 6) is 0.200. The van der Waals surface area contributed by atoms with Gasteiger partial charge in [0.1, 0.15) is 5.84 Å². The molecule has 0 spiro atoms. The molecule has 118 valence electrons. The summed E-state index contributed by atoms with van der Waals surface area (Å²) < 4.78 is 0. The van der Waals surface area contributed by atoms with E-state index >= 15 is 0 Å². The summed E-state index contributed by atoms with van der Waals surface area (Å²) in [6.45, 7) is 2.24. The van der Waals surface area contributed by atoms with Gasteiger partial charge in [0.25, 0.3) is 5.24 Å². The van der Waals surface area contributed by atoms with Gasteiger partial charge in [0.05, 0.1) is 4.91 Å². The Morgan fingerprint density at radius 1 is 1.09 bits per heavy atom. The molecule has 1 aliphatic rings. The van der Waals surface area contributed by atoms with Crippen LogP contribution in [0, 0.1) is 5.41 Å². The van der Waals surface area contributed by atoms with Crippen molar-refractivity contribution in [1.82, 2.24) is 5.32 Å². The Balaban J connectivity index is 1.79. The Morgan fingerprint density at radius 2 is 1.77 bits per heavy atom. The Morgan fingerprint density at radius 3 is 2.41 bits per heavy atom. The van der Waals surface area contributed by atoms with E-state index in [1.54, 1.807) is 0 Å². The summed E-state index contributed by atoms with van der Waals surface area (Å²) in [6, 6.07) is 8.43. The minimum atomic E-state index is -0.170. The first-order chi connectivity index (χ1) is 10.7. The average Bonchev–Trinajstić information content (AvgIpc) is 2.82. The van der Waals surface area contributed by atoms with E-state index in [1.807, 2.05) is 6.08 Å². The number of carbonyl (C=O) groups excluding carboxylic acids is 1. The molecular formula is C18H24N2OS. The van der Waals surface area contributed by atoms with Gasteiger partial charge in [0.2, 0.25) is 0 Å². The summed E-state index contributed by atoms with van der Waals surface area (Å²) in [5.41, 5.74) is 2.40. The average molecular weight is 316 g/mol. The monoisotopic (exact) mass is 316 g/mol. The number of rotatable bonds is 8. The third-order valence-corrected chi connectivity index (χ3v) is 4.60. The highest BCUT2D eigenvalue weighted by atomic mass is 32.2. The number of amidine groups is 1. The number of amides is 1. The molecular weight excluding hydrogens is 292 g/mol. The largest absolute Gasteiger partial charge is 0.301 e. The van der Waals surface area contributed by atoms with Gasteiger partial charge < -0.3 is 5.32 Å². The predicted octanol–water partition coefficient (Wildman–Crippen LogP) is 5.36. The van der Waals surface area contributed by atoms with Gasteiger partial charge in [-0.1, -0.05) is 63.3 Å². The third-order valence-electron chi connectivity index (χ3n) is 3.77. The standard InChI is InChI=1S/C18H24N2OS/c1-2-3-4-5-6-7-8-14-9-11-15(12-10-14)13-16-17(19)20-18(21)22-16/h9-13H,2-8H2,1H3,(H2,19,20,21)/b16-13-. The number of benzene rings is 1. The lowest BCUT2D eigenvalue weighted by molar-refractivity contribution is 0.265. The Labute approximate surface area is 137 Å². The number of aryl methyl sites for hydroxylation is 1. The minimum absolute atomic E-state index is 0.170. The summed E-state index contributed by atoms with van der Waals surface area (Å²) in [5, 5.41) is 9.98. The highest BCUT2D eigenvalue weighted by Crippen LogP contribution is 2.25. The molecule has 0 aliphatic carbocycles. The van der Waals surface area contributed by atoms with Crippen LogP contribution >= 0.6 is 11.8 Å². The van der Waals surface area contributed by atoms with E-state index in [9.17, 15) is 4.79 Å². The zero-order valence-corrected chi connectivity index (χ0v) is 14.0. The highest BCUT2D eigenvalue weighted by Gasteiger charge is 2.21. The van der Waals surface area contributed by atoms with Crippen molar-refractivity contribution >= 4 is 28.9 Å². The molecule has 0 atom stereocenters. The molecule has 3 nitrogen and oxygen atoms in total. The molecule has 0 radical (unpaired) electrons. The van der Waals surface area contributed by atoms with Crippen LogP contribution in [0.5, 0.6) is 0 Å². The molecule has 22 heavy (non-hydrogen) atoms. The molecule has 1 fully saturated rings. The van der Waals surface area contributed by atoms with E-state index in [0.29, 0.717) is 4.91 Å². The van der Waals surface area contributed by atoms with Crippen molar-refractivity contribution in [3.63, 3.8) is 0 Å². The molecule has 1 aliphatic heterocycles. The van der Waals surface area contributed by atoms with Gasteiger partial charge >= 0.3 is 0 Å². The van der Waals surface area contributed by atoms with Crippen LogP contribution in [0.25, 0.3) is 6.08 Å². The first-order valence-corrected chi connectivity index (χ1v) is 8.89. The van der Waals surface area contributed by atoms with Crippen LogP contribution in [0.1, 0.15) is 56.6 Å². The van der Waals surface area contributed by atoms with Gasteiger partial charge in [-0.25, -0.2) is 0 Å². The number of hydrogen-bond acceptors (Lipinski definition) is 3. The summed E-state index contributed by atoms with van der Waals surface area (Å²) in [6.07, 6.45) is 10.9. The molecule has 1 heterocycles. The lowest BCUT2D eigenvalue weighted by Gasteiger charge is -2.03. The number of carbonyl (C=O) groups is 1. The van der Waals surface area contributed by atoms with Gasteiger partial charge in [-0.15, -0.1) is 0 Å². The second-order valence-corrected chi connectivity index (χ2v) is 6.67. The van der Waals surface area contributed by atoms with E-state index in [-0.39, 0.29) is 11.1 Å². The molecule has 0 unspecified atom stereocenters. The van der Waals surface area contributed by atoms with Crippen molar-refractivity contribution in [3.05, 3.63) is 40.3 Å². The van der Waals surface area contributed by atoms with E-state index in [4.69, 9.17) is 5.41 Å². The van der Waals surface area contributed by atoms with Gasteiger partial charge in [-0.3, -0.25) is 10.2 Å². The summed E-state index contributed by atoms with van der Waals surface area (Å²) in [7, 11) is 0. The van der Waals surface area contributed by atoms with Crippen LogP contribution in [0.4, 0.5) is 4.79 Å².